The lowest BCUT2D eigenvalue weighted by Gasteiger charge is -2.14. The largest absolute Gasteiger partial charge is 0.341 e. The summed E-state index contributed by atoms with van der Waals surface area (Å²) in [7, 11) is 0. The summed E-state index contributed by atoms with van der Waals surface area (Å²) in [6.45, 7) is 1.82. The molecule has 15 heavy (non-hydrogen) atoms. The first-order chi connectivity index (χ1) is 7.29. The highest BCUT2D eigenvalue weighted by Gasteiger charge is 2.18. The highest BCUT2D eigenvalue weighted by Crippen LogP contribution is 2.07. The Morgan fingerprint density at radius 1 is 1.47 bits per heavy atom. The van der Waals surface area contributed by atoms with Crippen LogP contribution in [-0.2, 0) is 11.3 Å². The molecule has 1 saturated heterocycles. The third kappa shape index (κ3) is 2.20. The van der Waals surface area contributed by atoms with Gasteiger partial charge in [0.05, 0.1) is 6.20 Å². The molecule has 1 aromatic heterocycles. The van der Waals surface area contributed by atoms with Crippen molar-refractivity contribution in [3.05, 3.63) is 11.9 Å². The lowest BCUT2D eigenvalue weighted by molar-refractivity contribution is -0.130. The summed E-state index contributed by atoms with van der Waals surface area (Å²) in [5, 5.41) is 7.27. The molecule has 0 N–H and O–H groups in total. The van der Waals surface area contributed by atoms with Gasteiger partial charge >= 0.3 is 0 Å². The molecule has 1 amide bonds. The lowest BCUT2D eigenvalue weighted by atomic mass is 10.4. The molecule has 1 aliphatic heterocycles. The van der Waals surface area contributed by atoms with Crippen LogP contribution in [-0.4, -0.2) is 45.2 Å². The number of carbonyl (C=O) groups is 2. The fourth-order valence-electron chi connectivity index (χ4n) is 1.65. The summed E-state index contributed by atoms with van der Waals surface area (Å²) >= 11 is 0. The molecule has 6 heteroatoms. The molecule has 1 fully saturated rings. The molecule has 0 aromatic carbocycles. The number of hydrogen-bond acceptors (Lipinski definition) is 4. The summed E-state index contributed by atoms with van der Waals surface area (Å²) in [4.78, 5) is 23.8. The normalized spacial score (nSPS) is 15.6. The van der Waals surface area contributed by atoms with E-state index in [-0.39, 0.29) is 18.1 Å². The minimum atomic E-state index is 0.0369. The Hall–Kier alpha value is -1.72. The van der Waals surface area contributed by atoms with E-state index in [0.717, 1.165) is 25.9 Å². The second-order valence-electron chi connectivity index (χ2n) is 3.55. The molecule has 2 heterocycles. The molecule has 0 aliphatic carbocycles. The van der Waals surface area contributed by atoms with Crippen LogP contribution in [0.2, 0.25) is 0 Å². The first kappa shape index (κ1) is 9.82. The molecule has 2 rings (SSSR count). The van der Waals surface area contributed by atoms with Crippen molar-refractivity contribution in [3.8, 4) is 0 Å². The highest BCUT2D eigenvalue weighted by atomic mass is 16.2. The predicted octanol–water partition coefficient (Wildman–Crippen LogP) is -0.287. The van der Waals surface area contributed by atoms with Crippen LogP contribution >= 0.6 is 0 Å². The van der Waals surface area contributed by atoms with Gasteiger partial charge in [0.25, 0.3) is 0 Å². The number of aromatic nitrogens is 3. The van der Waals surface area contributed by atoms with Gasteiger partial charge in [0.1, 0.15) is 12.2 Å². The maximum absolute atomic E-state index is 11.7. The van der Waals surface area contributed by atoms with E-state index >= 15 is 0 Å². The van der Waals surface area contributed by atoms with Crippen molar-refractivity contribution < 1.29 is 9.59 Å². The van der Waals surface area contributed by atoms with Gasteiger partial charge in [-0.1, -0.05) is 5.21 Å². The van der Waals surface area contributed by atoms with E-state index in [2.05, 4.69) is 10.3 Å². The molecule has 6 nitrogen and oxygen atoms in total. The van der Waals surface area contributed by atoms with Crippen molar-refractivity contribution in [3.63, 3.8) is 0 Å². The lowest BCUT2D eigenvalue weighted by Crippen LogP contribution is -2.31. The molecule has 0 radical (unpaired) electrons. The number of likely N-dealkylation sites (tertiary alicyclic amines) is 1. The summed E-state index contributed by atoms with van der Waals surface area (Å²) in [6, 6.07) is 0. The van der Waals surface area contributed by atoms with E-state index in [4.69, 9.17) is 0 Å². The molecule has 0 spiro atoms. The second-order valence-corrected chi connectivity index (χ2v) is 3.55. The molecule has 80 valence electrons. The van der Waals surface area contributed by atoms with Crippen LogP contribution in [0.4, 0.5) is 0 Å². The molecule has 0 atom stereocenters. The van der Waals surface area contributed by atoms with Gasteiger partial charge in [-0.25, -0.2) is 4.68 Å². The Labute approximate surface area is 86.9 Å². The van der Waals surface area contributed by atoms with Gasteiger partial charge in [-0.3, -0.25) is 9.59 Å². The zero-order valence-corrected chi connectivity index (χ0v) is 8.30. The van der Waals surface area contributed by atoms with E-state index < -0.39 is 0 Å². The molecule has 1 aliphatic rings. The van der Waals surface area contributed by atoms with E-state index in [9.17, 15) is 9.59 Å². The number of amides is 1. The average Bonchev–Trinajstić information content (AvgIpc) is 2.87. The zero-order chi connectivity index (χ0) is 10.7. The summed E-state index contributed by atoms with van der Waals surface area (Å²) < 4.78 is 1.39. The molecular weight excluding hydrogens is 196 g/mol. The van der Waals surface area contributed by atoms with Crippen LogP contribution in [0.3, 0.4) is 0 Å². The number of hydrogen-bond donors (Lipinski definition) is 0. The predicted molar refractivity (Wildman–Crippen MR) is 51.2 cm³/mol. The van der Waals surface area contributed by atoms with E-state index in [1.54, 1.807) is 0 Å². The Kier molecular flexibility index (Phi) is 2.75. The van der Waals surface area contributed by atoms with Gasteiger partial charge in [-0.05, 0) is 12.8 Å². The topological polar surface area (TPSA) is 68.1 Å². The third-order valence-corrected chi connectivity index (χ3v) is 2.43. The number of aldehydes is 1. The summed E-state index contributed by atoms with van der Waals surface area (Å²) in [6.07, 6.45) is 4.23. The second kappa shape index (κ2) is 4.20. The fraction of sp³-hybridized carbons (Fsp3) is 0.556. The number of carbonyl (C=O) groups excluding carboxylic acids is 2. The third-order valence-electron chi connectivity index (χ3n) is 2.43. The fourth-order valence-corrected chi connectivity index (χ4v) is 1.65. The van der Waals surface area contributed by atoms with Crippen LogP contribution in [0.1, 0.15) is 23.3 Å². The average molecular weight is 208 g/mol. The van der Waals surface area contributed by atoms with Crippen molar-refractivity contribution in [2.75, 3.05) is 13.1 Å². The summed E-state index contributed by atoms with van der Waals surface area (Å²) in [5.74, 6) is 0.0369. The SMILES string of the molecule is O=Cc1cn(CC(=O)N2CCCC2)nn1. The van der Waals surface area contributed by atoms with Crippen molar-refractivity contribution in [2.24, 2.45) is 0 Å². The van der Waals surface area contributed by atoms with Crippen LogP contribution < -0.4 is 0 Å². The smallest absolute Gasteiger partial charge is 0.244 e. The van der Waals surface area contributed by atoms with Gasteiger partial charge in [-0.2, -0.15) is 0 Å². The van der Waals surface area contributed by atoms with Gasteiger partial charge in [-0.15, -0.1) is 5.10 Å². The molecule has 0 saturated carbocycles. The van der Waals surface area contributed by atoms with Gasteiger partial charge in [0.2, 0.25) is 5.91 Å². The first-order valence-electron chi connectivity index (χ1n) is 4.92. The minimum absolute atomic E-state index is 0.0369. The quantitative estimate of drug-likeness (QED) is 0.640. The van der Waals surface area contributed by atoms with E-state index in [0.29, 0.717) is 6.29 Å². The number of nitrogens with zero attached hydrogens (tertiary/aromatic N) is 4. The van der Waals surface area contributed by atoms with E-state index in [1.165, 1.54) is 10.9 Å². The molecule has 0 bridgehead atoms. The van der Waals surface area contributed by atoms with Crippen molar-refractivity contribution >= 4 is 12.2 Å². The maximum atomic E-state index is 11.7. The monoisotopic (exact) mass is 208 g/mol. The van der Waals surface area contributed by atoms with E-state index in [1.807, 2.05) is 4.90 Å². The Morgan fingerprint density at radius 2 is 2.20 bits per heavy atom. The van der Waals surface area contributed by atoms with Crippen molar-refractivity contribution in [2.45, 2.75) is 19.4 Å². The van der Waals surface area contributed by atoms with Crippen LogP contribution in [0.15, 0.2) is 6.20 Å². The molecule has 1 aromatic rings. The van der Waals surface area contributed by atoms with Crippen molar-refractivity contribution in [1.29, 1.82) is 0 Å². The van der Waals surface area contributed by atoms with Crippen LogP contribution in [0.5, 0.6) is 0 Å². The zero-order valence-electron chi connectivity index (χ0n) is 8.30. The summed E-state index contributed by atoms with van der Waals surface area (Å²) in [5.41, 5.74) is 0.254. The highest BCUT2D eigenvalue weighted by molar-refractivity contribution is 5.76. The van der Waals surface area contributed by atoms with Crippen LogP contribution in [0.25, 0.3) is 0 Å². The van der Waals surface area contributed by atoms with Gasteiger partial charge in [0, 0.05) is 13.1 Å². The number of rotatable bonds is 3. The maximum Gasteiger partial charge on any atom is 0.244 e. The van der Waals surface area contributed by atoms with Crippen molar-refractivity contribution in [1.82, 2.24) is 19.9 Å². The first-order valence-corrected chi connectivity index (χ1v) is 4.92. The van der Waals surface area contributed by atoms with Gasteiger partial charge < -0.3 is 4.90 Å². The standard InChI is InChI=1S/C9H12N4O2/c14-7-8-5-13(11-10-8)6-9(15)12-3-1-2-4-12/h5,7H,1-4,6H2. The Morgan fingerprint density at radius 3 is 2.80 bits per heavy atom. The minimum Gasteiger partial charge on any atom is -0.341 e. The Balaban J connectivity index is 1.95. The molecular formula is C9H12N4O2. The van der Waals surface area contributed by atoms with Crippen LogP contribution in [0, 0.1) is 0 Å². The molecule has 0 unspecified atom stereocenters. The Bertz CT molecular complexity index is 368. The van der Waals surface area contributed by atoms with Gasteiger partial charge in [0.15, 0.2) is 6.29 Å².